The number of rotatable bonds is 8. The summed E-state index contributed by atoms with van der Waals surface area (Å²) in [6, 6.07) is 33.0. The van der Waals surface area contributed by atoms with Crippen LogP contribution in [-0.4, -0.2) is 61.2 Å². The molecule has 0 spiro atoms. The molecular formula is C30H31N3O3S. The Morgan fingerprint density at radius 1 is 0.676 bits per heavy atom. The highest BCUT2D eigenvalue weighted by Gasteiger charge is 2.30. The summed E-state index contributed by atoms with van der Waals surface area (Å²) in [4.78, 5) is 17.6. The van der Waals surface area contributed by atoms with Crippen LogP contribution in [0.15, 0.2) is 108 Å². The van der Waals surface area contributed by atoms with Crippen LogP contribution in [0.5, 0.6) is 0 Å². The van der Waals surface area contributed by atoms with Crippen LogP contribution in [0, 0.1) is 0 Å². The number of carbonyl (C=O) groups is 1. The highest BCUT2D eigenvalue weighted by Crippen LogP contribution is 2.23. The van der Waals surface area contributed by atoms with Gasteiger partial charge in [-0.2, -0.15) is 4.31 Å². The molecule has 1 aliphatic heterocycles. The number of fused-ring (bicyclic) bond motifs is 1. The van der Waals surface area contributed by atoms with Crippen LogP contribution < -0.4 is 0 Å². The summed E-state index contributed by atoms with van der Waals surface area (Å²) >= 11 is 0. The van der Waals surface area contributed by atoms with Gasteiger partial charge in [-0.15, -0.1) is 0 Å². The van der Waals surface area contributed by atoms with Gasteiger partial charge >= 0.3 is 0 Å². The topological polar surface area (TPSA) is 60.9 Å². The number of sulfonamides is 1. The Kier molecular flexibility index (Phi) is 7.65. The molecule has 1 heterocycles. The van der Waals surface area contributed by atoms with Crippen LogP contribution in [0.2, 0.25) is 0 Å². The number of nitrogens with zero attached hydrogens (tertiary/aromatic N) is 3. The number of benzene rings is 4. The van der Waals surface area contributed by atoms with E-state index >= 15 is 0 Å². The van der Waals surface area contributed by atoms with E-state index in [2.05, 4.69) is 4.90 Å². The number of carbonyl (C=O) groups excluding carboxylic acids is 1. The molecule has 0 radical (unpaired) electrons. The molecule has 37 heavy (non-hydrogen) atoms. The van der Waals surface area contributed by atoms with Gasteiger partial charge in [0.2, 0.25) is 15.9 Å². The first kappa shape index (κ1) is 25.1. The molecule has 5 rings (SSSR count). The quantitative estimate of drug-likeness (QED) is 0.351. The van der Waals surface area contributed by atoms with Crippen molar-refractivity contribution in [1.29, 1.82) is 0 Å². The Bertz CT molecular complexity index is 1410. The fourth-order valence-corrected chi connectivity index (χ4v) is 6.19. The average molecular weight is 514 g/mol. The van der Waals surface area contributed by atoms with Crippen molar-refractivity contribution in [2.24, 2.45) is 0 Å². The second kappa shape index (κ2) is 11.3. The third-order valence-electron chi connectivity index (χ3n) is 6.83. The van der Waals surface area contributed by atoms with Gasteiger partial charge in [0.05, 0.1) is 11.4 Å². The van der Waals surface area contributed by atoms with Gasteiger partial charge in [-0.05, 0) is 34.0 Å². The molecule has 1 amide bonds. The Morgan fingerprint density at radius 2 is 1.22 bits per heavy atom. The van der Waals surface area contributed by atoms with Crippen molar-refractivity contribution in [3.05, 3.63) is 114 Å². The van der Waals surface area contributed by atoms with E-state index in [-0.39, 0.29) is 12.5 Å². The molecule has 0 bridgehead atoms. The van der Waals surface area contributed by atoms with Gasteiger partial charge in [-0.25, -0.2) is 8.42 Å². The number of piperazine rings is 1. The molecule has 0 unspecified atom stereocenters. The van der Waals surface area contributed by atoms with Gasteiger partial charge in [-0.3, -0.25) is 9.69 Å². The van der Waals surface area contributed by atoms with Crippen molar-refractivity contribution in [2.45, 2.75) is 18.0 Å². The summed E-state index contributed by atoms with van der Waals surface area (Å²) in [5, 5.41) is 1.92. The predicted octanol–water partition coefficient (Wildman–Crippen LogP) is 4.38. The number of amides is 1. The maximum Gasteiger partial charge on any atom is 0.243 e. The van der Waals surface area contributed by atoms with E-state index in [0.717, 1.165) is 21.9 Å². The molecular weight excluding hydrogens is 482 g/mol. The monoisotopic (exact) mass is 513 g/mol. The molecule has 6 nitrogen and oxygen atoms in total. The highest BCUT2D eigenvalue weighted by atomic mass is 32.2. The summed E-state index contributed by atoms with van der Waals surface area (Å²) in [5.74, 6) is 0.0403. The van der Waals surface area contributed by atoms with E-state index < -0.39 is 10.0 Å². The molecule has 0 aromatic heterocycles. The molecule has 0 aliphatic carbocycles. The maximum atomic E-state index is 13.4. The Balaban J connectivity index is 1.23. The van der Waals surface area contributed by atoms with Crippen LogP contribution in [0.4, 0.5) is 0 Å². The summed E-state index contributed by atoms with van der Waals surface area (Å²) in [6.45, 7) is 3.09. The molecule has 7 heteroatoms. The van der Waals surface area contributed by atoms with Crippen LogP contribution in [0.1, 0.15) is 11.1 Å². The minimum absolute atomic E-state index is 0.0403. The van der Waals surface area contributed by atoms with E-state index in [4.69, 9.17) is 0 Å². The second-order valence-electron chi connectivity index (χ2n) is 9.41. The summed E-state index contributed by atoms with van der Waals surface area (Å²) in [6.07, 6.45) is 0. The van der Waals surface area contributed by atoms with Crippen molar-refractivity contribution in [2.75, 3.05) is 32.7 Å². The summed E-state index contributed by atoms with van der Waals surface area (Å²) < 4.78 is 28.1. The van der Waals surface area contributed by atoms with E-state index in [1.54, 1.807) is 12.1 Å². The standard InChI is InChI=1S/C30H31N3O3S/c34-30(32(22-25-9-3-1-4-10-25)23-26-11-5-2-6-12-26)24-31-17-19-33(20-18-31)37(35,36)29-16-15-27-13-7-8-14-28(27)21-29/h1-16,21H,17-20,22-24H2. The largest absolute Gasteiger partial charge is 0.333 e. The van der Waals surface area contributed by atoms with E-state index in [9.17, 15) is 13.2 Å². The fourth-order valence-electron chi connectivity index (χ4n) is 4.74. The third-order valence-corrected chi connectivity index (χ3v) is 8.73. The SMILES string of the molecule is O=C(CN1CCN(S(=O)(=O)c2ccc3ccccc3c2)CC1)N(Cc1ccccc1)Cc1ccccc1. The van der Waals surface area contributed by atoms with Gasteiger partial charge in [-0.1, -0.05) is 91.0 Å². The van der Waals surface area contributed by atoms with Crippen molar-refractivity contribution in [3.63, 3.8) is 0 Å². The average Bonchev–Trinajstić information content (AvgIpc) is 2.94. The fraction of sp³-hybridized carbons (Fsp3) is 0.233. The van der Waals surface area contributed by atoms with E-state index in [1.807, 2.05) is 95.9 Å². The zero-order valence-corrected chi connectivity index (χ0v) is 21.6. The van der Waals surface area contributed by atoms with Crippen molar-refractivity contribution < 1.29 is 13.2 Å². The molecule has 4 aromatic carbocycles. The van der Waals surface area contributed by atoms with E-state index in [0.29, 0.717) is 44.2 Å². The van der Waals surface area contributed by atoms with Gasteiger partial charge in [0.25, 0.3) is 0 Å². The third kappa shape index (κ3) is 6.07. The number of hydrogen-bond donors (Lipinski definition) is 0. The van der Waals surface area contributed by atoms with Crippen molar-refractivity contribution in [3.8, 4) is 0 Å². The molecule has 0 N–H and O–H groups in total. The predicted molar refractivity (Wildman–Crippen MR) is 146 cm³/mol. The Morgan fingerprint density at radius 3 is 1.81 bits per heavy atom. The zero-order chi connectivity index (χ0) is 25.7. The summed E-state index contributed by atoms with van der Waals surface area (Å²) in [7, 11) is -3.59. The first-order chi connectivity index (χ1) is 18.0. The molecule has 0 atom stereocenters. The lowest BCUT2D eigenvalue weighted by Gasteiger charge is -2.35. The normalized spacial score (nSPS) is 15.0. The van der Waals surface area contributed by atoms with Gasteiger partial charge in [0.1, 0.15) is 0 Å². The molecule has 1 saturated heterocycles. The molecule has 190 valence electrons. The second-order valence-corrected chi connectivity index (χ2v) is 11.3. The van der Waals surface area contributed by atoms with Crippen LogP contribution in [0.25, 0.3) is 10.8 Å². The van der Waals surface area contributed by atoms with Crippen molar-refractivity contribution >= 4 is 26.7 Å². The molecule has 0 saturated carbocycles. The lowest BCUT2D eigenvalue weighted by Crippen LogP contribution is -2.51. The highest BCUT2D eigenvalue weighted by molar-refractivity contribution is 7.89. The minimum Gasteiger partial charge on any atom is -0.333 e. The zero-order valence-electron chi connectivity index (χ0n) is 20.7. The maximum absolute atomic E-state index is 13.4. The van der Waals surface area contributed by atoms with Crippen LogP contribution in [0.3, 0.4) is 0 Å². The molecule has 1 aliphatic rings. The first-order valence-electron chi connectivity index (χ1n) is 12.6. The molecule has 4 aromatic rings. The lowest BCUT2D eigenvalue weighted by atomic mass is 10.1. The lowest BCUT2D eigenvalue weighted by molar-refractivity contribution is -0.134. The smallest absolute Gasteiger partial charge is 0.243 e. The van der Waals surface area contributed by atoms with Crippen LogP contribution in [-0.2, 0) is 27.9 Å². The van der Waals surface area contributed by atoms with Gasteiger partial charge in [0.15, 0.2) is 0 Å². The Hall–Kier alpha value is -3.52. The number of hydrogen-bond acceptors (Lipinski definition) is 4. The first-order valence-corrected chi connectivity index (χ1v) is 14.0. The molecule has 1 fully saturated rings. The van der Waals surface area contributed by atoms with Crippen molar-refractivity contribution in [1.82, 2.24) is 14.1 Å². The minimum atomic E-state index is -3.59. The van der Waals surface area contributed by atoms with Gasteiger partial charge < -0.3 is 4.90 Å². The van der Waals surface area contributed by atoms with E-state index in [1.165, 1.54) is 4.31 Å². The van der Waals surface area contributed by atoms with Crippen LogP contribution >= 0.6 is 0 Å². The van der Waals surface area contributed by atoms with Gasteiger partial charge in [0, 0.05) is 39.3 Å². The summed E-state index contributed by atoms with van der Waals surface area (Å²) in [5.41, 5.74) is 2.16. The Labute approximate surface area is 218 Å².